The number of hydrogen-bond donors (Lipinski definition) is 1. The molecule has 4 heteroatoms. The van der Waals surface area contributed by atoms with E-state index in [4.69, 9.17) is 0 Å². The summed E-state index contributed by atoms with van der Waals surface area (Å²) in [4.78, 5) is 26.5. The van der Waals surface area contributed by atoms with E-state index in [-0.39, 0.29) is 35.9 Å². The number of piperazine rings is 1. The van der Waals surface area contributed by atoms with Gasteiger partial charge in [0.15, 0.2) is 0 Å². The Bertz CT molecular complexity index is 361. The fraction of sp³-hybridized carbons (Fsp3) is 0.867. The highest BCUT2D eigenvalue weighted by Crippen LogP contribution is 2.35. The van der Waals surface area contributed by atoms with E-state index >= 15 is 0 Å². The third-order valence-corrected chi connectivity index (χ3v) is 4.95. The lowest BCUT2D eigenvalue weighted by Gasteiger charge is -2.48. The number of carbonyl (C=O) groups is 2. The molecule has 2 atom stereocenters. The number of hydrogen-bond acceptors (Lipinski definition) is 2. The normalized spacial score (nSPS) is 29.0. The Balaban J connectivity index is 2.19. The summed E-state index contributed by atoms with van der Waals surface area (Å²) in [5.74, 6) is 0.321. The van der Waals surface area contributed by atoms with Crippen molar-refractivity contribution in [3.63, 3.8) is 0 Å². The molecule has 1 heterocycles. The maximum absolute atomic E-state index is 12.7. The summed E-state index contributed by atoms with van der Waals surface area (Å²) in [6.45, 7) is 6.49. The van der Waals surface area contributed by atoms with Crippen LogP contribution in [0, 0.1) is 5.92 Å². The van der Waals surface area contributed by atoms with Crippen molar-refractivity contribution in [3.05, 3.63) is 0 Å². The Labute approximate surface area is 115 Å². The molecule has 0 spiro atoms. The van der Waals surface area contributed by atoms with Gasteiger partial charge in [0, 0.05) is 5.54 Å². The van der Waals surface area contributed by atoms with Crippen LogP contribution >= 0.6 is 0 Å². The molecule has 2 aliphatic rings. The van der Waals surface area contributed by atoms with Crippen molar-refractivity contribution in [2.24, 2.45) is 5.92 Å². The predicted octanol–water partition coefficient (Wildman–Crippen LogP) is 2.08. The highest BCUT2D eigenvalue weighted by Gasteiger charge is 2.44. The second kappa shape index (κ2) is 5.51. The zero-order valence-electron chi connectivity index (χ0n) is 12.4. The zero-order chi connectivity index (χ0) is 14.0. The van der Waals surface area contributed by atoms with Gasteiger partial charge in [0.2, 0.25) is 11.8 Å². The number of carbonyl (C=O) groups excluding carboxylic acids is 2. The molecule has 1 saturated carbocycles. The van der Waals surface area contributed by atoms with Gasteiger partial charge in [0.25, 0.3) is 0 Å². The van der Waals surface area contributed by atoms with Gasteiger partial charge in [-0.1, -0.05) is 39.5 Å². The van der Waals surface area contributed by atoms with Gasteiger partial charge in [-0.15, -0.1) is 0 Å². The standard InChI is InChI=1S/C15H26N2O2/c1-4-11(2)13-14(19)17(10-12(18)16-13)15(3)8-6-5-7-9-15/h11,13H,4-10H2,1-3H3,(H,16,18). The first-order valence-corrected chi connectivity index (χ1v) is 7.59. The Hall–Kier alpha value is -1.06. The first-order valence-electron chi connectivity index (χ1n) is 7.59. The maximum Gasteiger partial charge on any atom is 0.246 e. The zero-order valence-corrected chi connectivity index (χ0v) is 12.4. The van der Waals surface area contributed by atoms with Crippen LogP contribution in [0.5, 0.6) is 0 Å². The third-order valence-electron chi connectivity index (χ3n) is 4.95. The lowest BCUT2D eigenvalue weighted by atomic mass is 9.80. The summed E-state index contributed by atoms with van der Waals surface area (Å²) in [5, 5.41) is 2.87. The van der Waals surface area contributed by atoms with Crippen LogP contribution in [0.25, 0.3) is 0 Å². The van der Waals surface area contributed by atoms with Crippen LogP contribution in [-0.2, 0) is 9.59 Å². The van der Waals surface area contributed by atoms with Crippen molar-refractivity contribution in [2.45, 2.75) is 70.9 Å². The molecule has 1 aliphatic carbocycles. The predicted molar refractivity (Wildman–Crippen MR) is 74.6 cm³/mol. The highest BCUT2D eigenvalue weighted by atomic mass is 16.2. The Kier molecular flexibility index (Phi) is 4.16. The molecule has 108 valence electrons. The largest absolute Gasteiger partial charge is 0.342 e. The Morgan fingerprint density at radius 3 is 2.53 bits per heavy atom. The summed E-state index contributed by atoms with van der Waals surface area (Å²) in [7, 11) is 0. The van der Waals surface area contributed by atoms with Crippen molar-refractivity contribution in [1.82, 2.24) is 10.2 Å². The van der Waals surface area contributed by atoms with Gasteiger partial charge in [-0.25, -0.2) is 0 Å². The molecule has 1 saturated heterocycles. The van der Waals surface area contributed by atoms with Crippen molar-refractivity contribution in [1.29, 1.82) is 0 Å². The van der Waals surface area contributed by atoms with E-state index in [1.54, 1.807) is 0 Å². The van der Waals surface area contributed by atoms with E-state index in [2.05, 4.69) is 19.2 Å². The lowest BCUT2D eigenvalue weighted by Crippen LogP contribution is -2.66. The van der Waals surface area contributed by atoms with Gasteiger partial charge >= 0.3 is 0 Å². The molecule has 0 aromatic heterocycles. The van der Waals surface area contributed by atoms with Crippen LogP contribution in [0.15, 0.2) is 0 Å². The molecule has 1 aliphatic heterocycles. The van der Waals surface area contributed by atoms with Gasteiger partial charge in [0.05, 0.1) is 0 Å². The summed E-state index contributed by atoms with van der Waals surface area (Å²) < 4.78 is 0. The average molecular weight is 266 g/mol. The SMILES string of the molecule is CCC(C)C1NC(=O)CN(C2(C)CCCCC2)C1=O. The first-order chi connectivity index (χ1) is 8.98. The molecule has 19 heavy (non-hydrogen) atoms. The smallest absolute Gasteiger partial charge is 0.246 e. The molecule has 0 aromatic carbocycles. The molecular weight excluding hydrogens is 240 g/mol. The van der Waals surface area contributed by atoms with Crippen molar-refractivity contribution in [2.75, 3.05) is 6.54 Å². The molecule has 0 radical (unpaired) electrons. The summed E-state index contributed by atoms with van der Waals surface area (Å²) in [6.07, 6.45) is 6.53. The van der Waals surface area contributed by atoms with Crippen molar-refractivity contribution >= 4 is 11.8 Å². The van der Waals surface area contributed by atoms with Crippen LogP contribution < -0.4 is 5.32 Å². The molecule has 0 aromatic rings. The van der Waals surface area contributed by atoms with E-state index < -0.39 is 0 Å². The molecule has 4 nitrogen and oxygen atoms in total. The minimum absolute atomic E-state index is 0.00306. The van der Waals surface area contributed by atoms with Gasteiger partial charge in [-0.3, -0.25) is 9.59 Å². The van der Waals surface area contributed by atoms with Gasteiger partial charge < -0.3 is 10.2 Å². The van der Waals surface area contributed by atoms with E-state index in [0.717, 1.165) is 32.1 Å². The van der Waals surface area contributed by atoms with Crippen LogP contribution in [0.3, 0.4) is 0 Å². The fourth-order valence-electron chi connectivity index (χ4n) is 3.33. The lowest BCUT2D eigenvalue weighted by molar-refractivity contribution is -0.153. The first kappa shape index (κ1) is 14.4. The molecule has 2 amide bonds. The molecule has 1 N–H and O–H groups in total. The second-order valence-corrected chi connectivity index (χ2v) is 6.41. The monoisotopic (exact) mass is 266 g/mol. The number of nitrogens with one attached hydrogen (secondary N) is 1. The van der Waals surface area contributed by atoms with Gasteiger partial charge in [-0.05, 0) is 25.7 Å². The fourth-order valence-corrected chi connectivity index (χ4v) is 3.33. The van der Waals surface area contributed by atoms with E-state index in [0.29, 0.717) is 0 Å². The average Bonchev–Trinajstić information content (AvgIpc) is 2.41. The van der Waals surface area contributed by atoms with Gasteiger partial charge in [0.1, 0.15) is 12.6 Å². The van der Waals surface area contributed by atoms with Crippen molar-refractivity contribution < 1.29 is 9.59 Å². The Morgan fingerprint density at radius 1 is 1.32 bits per heavy atom. The Morgan fingerprint density at radius 2 is 1.95 bits per heavy atom. The summed E-state index contributed by atoms with van der Waals surface area (Å²) in [5.41, 5.74) is -0.112. The molecule has 0 bridgehead atoms. The topological polar surface area (TPSA) is 49.4 Å². The third kappa shape index (κ3) is 2.77. The number of rotatable bonds is 3. The van der Waals surface area contributed by atoms with Crippen molar-refractivity contribution in [3.8, 4) is 0 Å². The summed E-state index contributed by atoms with van der Waals surface area (Å²) in [6, 6.07) is -0.329. The highest BCUT2D eigenvalue weighted by molar-refractivity contribution is 5.95. The molecular formula is C15H26N2O2. The summed E-state index contributed by atoms with van der Waals surface area (Å²) >= 11 is 0. The van der Waals surface area contributed by atoms with Crippen LogP contribution in [0.2, 0.25) is 0 Å². The van der Waals surface area contributed by atoms with Crippen LogP contribution in [-0.4, -0.2) is 34.8 Å². The number of amides is 2. The quantitative estimate of drug-likeness (QED) is 0.850. The molecule has 2 fully saturated rings. The van der Waals surface area contributed by atoms with E-state index in [1.807, 2.05) is 11.8 Å². The van der Waals surface area contributed by atoms with Crippen LogP contribution in [0.1, 0.15) is 59.3 Å². The van der Waals surface area contributed by atoms with E-state index in [1.165, 1.54) is 6.42 Å². The maximum atomic E-state index is 12.7. The second-order valence-electron chi connectivity index (χ2n) is 6.41. The van der Waals surface area contributed by atoms with Crippen LogP contribution in [0.4, 0.5) is 0 Å². The van der Waals surface area contributed by atoms with E-state index in [9.17, 15) is 9.59 Å². The molecule has 2 rings (SSSR count). The number of nitrogens with zero attached hydrogens (tertiary/aromatic N) is 1. The minimum atomic E-state index is -0.329. The minimum Gasteiger partial charge on any atom is -0.342 e. The van der Waals surface area contributed by atoms with Gasteiger partial charge in [-0.2, -0.15) is 0 Å². The molecule has 2 unspecified atom stereocenters.